The van der Waals surface area contributed by atoms with Gasteiger partial charge in [-0.1, -0.05) is 24.3 Å². The maximum absolute atomic E-state index is 13.1. The Hall–Kier alpha value is -3.33. The maximum Gasteiger partial charge on any atom is 0.270 e. The molecule has 3 aromatic rings. The number of rotatable bonds is 2. The van der Waals surface area contributed by atoms with Crippen molar-refractivity contribution in [2.24, 2.45) is 11.3 Å². The molecule has 3 bridgehead atoms. The molecular formula is C36H43N5O3. The van der Waals surface area contributed by atoms with E-state index >= 15 is 0 Å². The number of nitrogens with one attached hydrogen (secondary N) is 1. The third-order valence-corrected chi connectivity index (χ3v) is 11.4. The minimum atomic E-state index is -0.996. The fourth-order valence-corrected chi connectivity index (χ4v) is 9.74. The van der Waals surface area contributed by atoms with Gasteiger partial charge in [0.2, 0.25) is 0 Å². The van der Waals surface area contributed by atoms with Gasteiger partial charge in [-0.2, -0.15) is 0 Å². The first-order valence-corrected chi connectivity index (χ1v) is 16.8. The normalized spacial score (nSPS) is 35.8. The van der Waals surface area contributed by atoms with E-state index in [9.17, 15) is 15.2 Å². The SMILES string of the molecule is O=[N+]([O-])c1ccc2[nH]c3c(C4=C[C@@]5(O)CC/C=C\CCCCN6CC[C@@H]4[C@]4(C[C@@H]7/C=C\CCCCN7[C@H]45)C6)nccc3c2c1. The number of hydrogen-bond donors (Lipinski definition) is 2. The van der Waals surface area contributed by atoms with E-state index in [1.54, 1.807) is 18.2 Å². The van der Waals surface area contributed by atoms with Gasteiger partial charge < -0.3 is 15.0 Å². The van der Waals surface area contributed by atoms with Gasteiger partial charge in [-0.15, -0.1) is 0 Å². The lowest BCUT2D eigenvalue weighted by atomic mass is 9.54. The summed E-state index contributed by atoms with van der Waals surface area (Å²) in [4.78, 5) is 25.3. The number of aromatic nitrogens is 2. The predicted molar refractivity (Wildman–Crippen MR) is 174 cm³/mol. The number of aliphatic hydroxyl groups is 1. The van der Waals surface area contributed by atoms with Crippen LogP contribution in [0.25, 0.3) is 27.4 Å². The molecule has 2 saturated heterocycles. The standard InChI is InChI=1S/C36H43N5O3/c42-36-16-8-4-1-2-5-9-18-39-20-15-30(35(24-39)22-26-11-7-3-6-10-19-40(26)34(35)36)29(23-36)32-33-27(14-17-37-32)28-21-25(41(43)44)12-13-31(28)38-33/h1,4,7,11-14,17,21,23,26,30,34,38,42H,2-3,5-6,8-10,15-16,18-20,22,24H2/b4-1-,11-7-/t26-,30-,34+,35-,36-/m0/s1. The Balaban J connectivity index is 1.34. The fourth-order valence-electron chi connectivity index (χ4n) is 9.74. The van der Waals surface area contributed by atoms with Crippen LogP contribution in [0.5, 0.6) is 0 Å². The van der Waals surface area contributed by atoms with Crippen molar-refractivity contribution in [3.63, 3.8) is 0 Å². The lowest BCUT2D eigenvalue weighted by molar-refractivity contribution is -0.384. The molecular weight excluding hydrogens is 550 g/mol. The van der Waals surface area contributed by atoms with Gasteiger partial charge in [-0.05, 0) is 114 Å². The smallest absolute Gasteiger partial charge is 0.270 e. The highest BCUT2D eigenvalue weighted by Gasteiger charge is 2.65. The molecule has 2 N–H and O–H groups in total. The van der Waals surface area contributed by atoms with E-state index in [1.807, 2.05) is 12.3 Å². The second kappa shape index (κ2) is 10.9. The van der Waals surface area contributed by atoms with Gasteiger partial charge in [0.15, 0.2) is 0 Å². The molecule has 8 rings (SSSR count). The highest BCUT2D eigenvalue weighted by molar-refractivity contribution is 6.10. The lowest BCUT2D eigenvalue weighted by Crippen LogP contribution is -2.65. The molecule has 0 amide bonds. The number of non-ortho nitro benzene ring substituents is 1. The van der Waals surface area contributed by atoms with Crippen LogP contribution in [0, 0.1) is 21.4 Å². The average Bonchev–Trinajstić information content (AvgIpc) is 3.52. The Bertz CT molecular complexity index is 1690. The summed E-state index contributed by atoms with van der Waals surface area (Å²) in [5, 5.41) is 26.5. The number of nitro benzene ring substituents is 1. The minimum absolute atomic E-state index is 0.0537. The van der Waals surface area contributed by atoms with E-state index in [0.717, 1.165) is 97.8 Å². The molecule has 6 atom stereocenters. The molecule has 1 aromatic carbocycles. The molecule has 1 spiro atoms. The van der Waals surface area contributed by atoms with Crippen LogP contribution < -0.4 is 0 Å². The van der Waals surface area contributed by atoms with Crippen molar-refractivity contribution < 1.29 is 10.0 Å². The van der Waals surface area contributed by atoms with Crippen molar-refractivity contribution in [2.75, 3.05) is 26.2 Å². The zero-order valence-electron chi connectivity index (χ0n) is 25.5. The molecule has 1 aliphatic carbocycles. The summed E-state index contributed by atoms with van der Waals surface area (Å²) in [5.74, 6) is 0.269. The number of pyridine rings is 1. The molecule has 44 heavy (non-hydrogen) atoms. The van der Waals surface area contributed by atoms with Gasteiger partial charge in [-0.3, -0.25) is 20.0 Å². The van der Waals surface area contributed by atoms with Crippen LogP contribution in [0.3, 0.4) is 0 Å². The van der Waals surface area contributed by atoms with Crippen molar-refractivity contribution in [3.05, 3.63) is 76.7 Å². The lowest BCUT2D eigenvalue weighted by Gasteiger charge is -2.58. The molecule has 0 radical (unpaired) electrons. The monoisotopic (exact) mass is 593 g/mol. The van der Waals surface area contributed by atoms with Crippen LogP contribution in [-0.4, -0.2) is 73.7 Å². The molecule has 2 fully saturated rings. The molecule has 230 valence electrons. The van der Waals surface area contributed by atoms with Crippen molar-refractivity contribution >= 4 is 33.1 Å². The Morgan fingerprint density at radius 2 is 1.84 bits per heavy atom. The van der Waals surface area contributed by atoms with Crippen LogP contribution in [0.15, 0.2) is 60.8 Å². The average molecular weight is 594 g/mol. The Morgan fingerprint density at radius 3 is 2.73 bits per heavy atom. The Morgan fingerprint density at radius 1 is 1.00 bits per heavy atom. The molecule has 1 unspecified atom stereocenters. The quantitative estimate of drug-likeness (QED) is 0.193. The summed E-state index contributed by atoms with van der Waals surface area (Å²) < 4.78 is 0. The van der Waals surface area contributed by atoms with Crippen LogP contribution in [0.1, 0.15) is 69.9 Å². The van der Waals surface area contributed by atoms with Crippen LogP contribution in [-0.2, 0) is 0 Å². The number of fused-ring (bicyclic) bond motifs is 5. The van der Waals surface area contributed by atoms with E-state index in [-0.39, 0.29) is 28.0 Å². The number of aromatic amines is 1. The van der Waals surface area contributed by atoms with Crippen LogP contribution in [0.2, 0.25) is 0 Å². The number of nitrogens with zero attached hydrogens (tertiary/aromatic N) is 4. The zero-order valence-corrected chi connectivity index (χ0v) is 25.5. The first-order chi connectivity index (χ1) is 21.5. The largest absolute Gasteiger partial charge is 0.384 e. The number of H-pyrrole nitrogens is 1. The van der Waals surface area contributed by atoms with Gasteiger partial charge in [0.05, 0.1) is 27.8 Å². The number of allylic oxidation sites excluding steroid dienone is 4. The number of benzene rings is 1. The van der Waals surface area contributed by atoms with Crippen molar-refractivity contribution in [1.29, 1.82) is 0 Å². The molecule has 5 aliphatic rings. The number of piperidine rings is 1. The second-order valence-corrected chi connectivity index (χ2v) is 14.0. The molecule has 6 heterocycles. The first kappa shape index (κ1) is 28.2. The summed E-state index contributed by atoms with van der Waals surface area (Å²) in [7, 11) is 0. The summed E-state index contributed by atoms with van der Waals surface area (Å²) in [5.41, 5.74) is 2.83. The van der Waals surface area contributed by atoms with Crippen molar-refractivity contribution in [2.45, 2.75) is 81.9 Å². The summed E-state index contributed by atoms with van der Waals surface area (Å²) in [6, 6.07) is 7.39. The molecule has 4 aliphatic heterocycles. The Kier molecular flexibility index (Phi) is 7.00. The second-order valence-electron chi connectivity index (χ2n) is 14.0. The minimum Gasteiger partial charge on any atom is -0.384 e. The topological polar surface area (TPSA) is 98.5 Å². The Labute approximate surface area is 258 Å². The number of hydrogen-bond acceptors (Lipinski definition) is 6. The van der Waals surface area contributed by atoms with Gasteiger partial charge >= 0.3 is 0 Å². The van der Waals surface area contributed by atoms with Gasteiger partial charge in [0.1, 0.15) is 0 Å². The van der Waals surface area contributed by atoms with Gasteiger partial charge in [-0.25, -0.2) is 0 Å². The van der Waals surface area contributed by atoms with E-state index < -0.39 is 5.60 Å². The van der Waals surface area contributed by atoms with Gasteiger partial charge in [0, 0.05) is 52.6 Å². The third kappa shape index (κ3) is 4.48. The maximum atomic E-state index is 13.1. The highest BCUT2D eigenvalue weighted by Crippen LogP contribution is 2.61. The zero-order chi connectivity index (χ0) is 29.9. The predicted octanol–water partition coefficient (Wildman–Crippen LogP) is 6.76. The fraction of sp³-hybridized carbons (Fsp3) is 0.528. The summed E-state index contributed by atoms with van der Waals surface area (Å²) >= 11 is 0. The highest BCUT2D eigenvalue weighted by atomic mass is 16.6. The van der Waals surface area contributed by atoms with Crippen molar-refractivity contribution in [1.82, 2.24) is 19.8 Å². The molecule has 0 saturated carbocycles. The van der Waals surface area contributed by atoms with Crippen LogP contribution >= 0.6 is 0 Å². The summed E-state index contributed by atoms with van der Waals surface area (Å²) in [6.45, 7) is 4.21. The van der Waals surface area contributed by atoms with E-state index in [2.05, 4.69) is 45.2 Å². The van der Waals surface area contributed by atoms with Crippen molar-refractivity contribution in [3.8, 4) is 0 Å². The molecule has 2 aromatic heterocycles. The van der Waals surface area contributed by atoms with E-state index in [4.69, 9.17) is 4.98 Å². The molecule has 8 heteroatoms. The van der Waals surface area contributed by atoms with Gasteiger partial charge in [0.25, 0.3) is 5.69 Å². The number of nitro groups is 1. The first-order valence-electron chi connectivity index (χ1n) is 16.8. The molecule has 8 nitrogen and oxygen atoms in total. The van der Waals surface area contributed by atoms with E-state index in [1.165, 1.54) is 19.3 Å². The van der Waals surface area contributed by atoms with E-state index in [0.29, 0.717) is 12.5 Å². The van der Waals surface area contributed by atoms with Crippen LogP contribution in [0.4, 0.5) is 5.69 Å². The summed E-state index contributed by atoms with van der Waals surface area (Å²) in [6.07, 6.45) is 24.2. The third-order valence-electron chi connectivity index (χ3n) is 11.4.